The van der Waals surface area contributed by atoms with Crippen LogP contribution in [0.1, 0.15) is 32.8 Å². The van der Waals surface area contributed by atoms with Gasteiger partial charge in [0.05, 0.1) is 11.4 Å². The lowest BCUT2D eigenvalue weighted by atomic mass is 9.79. The standard InChI is InChI=1S/C21H28N2O3S/c1-17(15-21(2,3)18-11-7-5-8-12-18)22-20(24)16-23(4)27(25,26)19-13-9-6-10-14-19/h5-14,17H,15-16H2,1-4H3,(H,22,24). The second kappa shape index (κ2) is 8.67. The lowest BCUT2D eigenvalue weighted by Crippen LogP contribution is -2.43. The number of benzene rings is 2. The van der Waals surface area contributed by atoms with Gasteiger partial charge in [0, 0.05) is 13.1 Å². The van der Waals surface area contributed by atoms with Crippen LogP contribution in [0.4, 0.5) is 0 Å². The zero-order valence-corrected chi connectivity index (χ0v) is 17.2. The van der Waals surface area contributed by atoms with Crippen LogP contribution in [0.5, 0.6) is 0 Å². The summed E-state index contributed by atoms with van der Waals surface area (Å²) < 4.78 is 26.1. The van der Waals surface area contributed by atoms with E-state index in [9.17, 15) is 13.2 Å². The van der Waals surface area contributed by atoms with Crippen molar-refractivity contribution in [1.29, 1.82) is 0 Å². The van der Waals surface area contributed by atoms with E-state index in [1.165, 1.54) is 24.7 Å². The summed E-state index contributed by atoms with van der Waals surface area (Å²) in [6, 6.07) is 18.2. The maximum atomic E-state index is 12.5. The van der Waals surface area contributed by atoms with Crippen molar-refractivity contribution in [3.05, 3.63) is 66.2 Å². The third-order valence-corrected chi connectivity index (χ3v) is 6.41. The van der Waals surface area contributed by atoms with Gasteiger partial charge >= 0.3 is 0 Å². The van der Waals surface area contributed by atoms with Crippen LogP contribution >= 0.6 is 0 Å². The van der Waals surface area contributed by atoms with E-state index in [0.29, 0.717) is 0 Å². The summed E-state index contributed by atoms with van der Waals surface area (Å²) in [7, 11) is -2.26. The summed E-state index contributed by atoms with van der Waals surface area (Å²) in [6.45, 7) is 6.00. The highest BCUT2D eigenvalue weighted by Crippen LogP contribution is 2.28. The molecule has 1 unspecified atom stereocenters. The number of sulfonamides is 1. The van der Waals surface area contributed by atoms with E-state index in [1.807, 2.05) is 25.1 Å². The highest BCUT2D eigenvalue weighted by Gasteiger charge is 2.26. The fraction of sp³-hybridized carbons (Fsp3) is 0.381. The fourth-order valence-electron chi connectivity index (χ4n) is 3.20. The summed E-state index contributed by atoms with van der Waals surface area (Å²) in [5, 5.41) is 2.92. The minimum atomic E-state index is -3.68. The van der Waals surface area contributed by atoms with E-state index >= 15 is 0 Å². The Labute approximate surface area is 162 Å². The fourth-order valence-corrected chi connectivity index (χ4v) is 4.35. The summed E-state index contributed by atoms with van der Waals surface area (Å²) in [4.78, 5) is 12.5. The zero-order chi connectivity index (χ0) is 20.1. The minimum Gasteiger partial charge on any atom is -0.352 e. The molecule has 2 aromatic rings. The Balaban J connectivity index is 1.95. The van der Waals surface area contributed by atoms with Gasteiger partial charge in [-0.3, -0.25) is 4.79 Å². The van der Waals surface area contributed by atoms with Gasteiger partial charge in [0.1, 0.15) is 0 Å². The summed E-state index contributed by atoms with van der Waals surface area (Å²) >= 11 is 0. The molecule has 2 aromatic carbocycles. The van der Waals surface area contributed by atoms with Gasteiger partial charge in [0.2, 0.25) is 15.9 Å². The van der Waals surface area contributed by atoms with Crippen molar-refractivity contribution >= 4 is 15.9 Å². The highest BCUT2D eigenvalue weighted by molar-refractivity contribution is 7.89. The van der Waals surface area contributed by atoms with E-state index in [-0.39, 0.29) is 28.8 Å². The Kier molecular flexibility index (Phi) is 6.78. The second-order valence-electron chi connectivity index (χ2n) is 7.50. The zero-order valence-electron chi connectivity index (χ0n) is 16.3. The minimum absolute atomic E-state index is 0.0828. The molecule has 146 valence electrons. The molecule has 1 N–H and O–H groups in total. The van der Waals surface area contributed by atoms with E-state index in [1.54, 1.807) is 18.2 Å². The molecule has 0 fully saturated rings. The topological polar surface area (TPSA) is 66.5 Å². The van der Waals surface area contributed by atoms with E-state index in [4.69, 9.17) is 0 Å². The third kappa shape index (κ3) is 5.65. The molecular formula is C21H28N2O3S. The smallest absolute Gasteiger partial charge is 0.243 e. The summed E-state index contributed by atoms with van der Waals surface area (Å²) in [5.41, 5.74) is 1.10. The van der Waals surface area contributed by atoms with E-state index in [0.717, 1.165) is 10.7 Å². The van der Waals surface area contributed by atoms with E-state index < -0.39 is 10.0 Å². The number of likely N-dealkylation sites (N-methyl/N-ethyl adjacent to an activating group) is 1. The SMILES string of the molecule is CC(CC(C)(C)c1ccccc1)NC(=O)CN(C)S(=O)(=O)c1ccccc1. The normalized spacial score (nSPS) is 13.4. The molecule has 0 bridgehead atoms. The first kappa shape index (κ1) is 21.1. The van der Waals surface area contributed by atoms with Gasteiger partial charge in [-0.05, 0) is 36.5 Å². The van der Waals surface area contributed by atoms with Crippen molar-refractivity contribution in [2.24, 2.45) is 0 Å². The first-order valence-corrected chi connectivity index (χ1v) is 10.4. The van der Waals surface area contributed by atoms with Crippen molar-refractivity contribution in [2.45, 2.75) is 43.5 Å². The number of carbonyl (C=O) groups excluding carboxylic acids is 1. The maximum Gasteiger partial charge on any atom is 0.243 e. The number of hydrogen-bond donors (Lipinski definition) is 1. The number of nitrogens with one attached hydrogen (secondary N) is 1. The highest BCUT2D eigenvalue weighted by atomic mass is 32.2. The van der Waals surface area contributed by atoms with Crippen LogP contribution in [0.3, 0.4) is 0 Å². The van der Waals surface area contributed by atoms with Gasteiger partial charge in [0.25, 0.3) is 0 Å². The average molecular weight is 389 g/mol. The van der Waals surface area contributed by atoms with Crippen LogP contribution in [0, 0.1) is 0 Å². The van der Waals surface area contributed by atoms with Crippen molar-refractivity contribution in [3.8, 4) is 0 Å². The van der Waals surface area contributed by atoms with Crippen molar-refractivity contribution in [1.82, 2.24) is 9.62 Å². The van der Waals surface area contributed by atoms with Crippen LogP contribution in [-0.4, -0.2) is 38.3 Å². The van der Waals surface area contributed by atoms with Crippen LogP contribution in [-0.2, 0) is 20.2 Å². The molecule has 0 aromatic heterocycles. The van der Waals surface area contributed by atoms with Gasteiger partial charge in [0.15, 0.2) is 0 Å². The summed E-state index contributed by atoms with van der Waals surface area (Å²) in [5.74, 6) is -0.312. The first-order chi connectivity index (χ1) is 12.6. The molecule has 0 aliphatic carbocycles. The van der Waals surface area contributed by atoms with Crippen LogP contribution < -0.4 is 5.32 Å². The Morgan fingerprint density at radius 3 is 2.11 bits per heavy atom. The molecule has 1 atom stereocenters. The predicted molar refractivity (Wildman–Crippen MR) is 108 cm³/mol. The van der Waals surface area contributed by atoms with Crippen LogP contribution in [0.2, 0.25) is 0 Å². The van der Waals surface area contributed by atoms with Gasteiger partial charge in [-0.2, -0.15) is 4.31 Å². The van der Waals surface area contributed by atoms with Gasteiger partial charge in [-0.25, -0.2) is 8.42 Å². The van der Waals surface area contributed by atoms with Crippen molar-refractivity contribution in [2.75, 3.05) is 13.6 Å². The Morgan fingerprint density at radius 2 is 1.56 bits per heavy atom. The molecule has 0 saturated heterocycles. The second-order valence-corrected chi connectivity index (χ2v) is 9.54. The lowest BCUT2D eigenvalue weighted by molar-refractivity contribution is -0.121. The molecule has 1 amide bonds. The Morgan fingerprint density at radius 1 is 1.04 bits per heavy atom. The monoisotopic (exact) mass is 388 g/mol. The largest absolute Gasteiger partial charge is 0.352 e. The lowest BCUT2D eigenvalue weighted by Gasteiger charge is -2.29. The molecule has 0 aliphatic rings. The Bertz CT molecular complexity index is 850. The molecule has 0 saturated carbocycles. The molecule has 27 heavy (non-hydrogen) atoms. The molecule has 6 heteroatoms. The molecule has 0 radical (unpaired) electrons. The number of hydrogen-bond acceptors (Lipinski definition) is 3. The maximum absolute atomic E-state index is 12.5. The first-order valence-electron chi connectivity index (χ1n) is 8.99. The van der Waals surface area contributed by atoms with Crippen LogP contribution in [0.15, 0.2) is 65.6 Å². The van der Waals surface area contributed by atoms with Gasteiger partial charge in [-0.15, -0.1) is 0 Å². The average Bonchev–Trinajstić information content (AvgIpc) is 2.62. The Hall–Kier alpha value is -2.18. The number of rotatable bonds is 8. The molecule has 2 rings (SSSR count). The quantitative estimate of drug-likeness (QED) is 0.755. The third-order valence-electron chi connectivity index (χ3n) is 4.60. The van der Waals surface area contributed by atoms with Gasteiger partial charge < -0.3 is 5.32 Å². The molecular weight excluding hydrogens is 360 g/mol. The number of carbonyl (C=O) groups is 1. The molecule has 0 aliphatic heterocycles. The predicted octanol–water partition coefficient (Wildman–Crippen LogP) is 3.18. The van der Waals surface area contributed by atoms with Crippen molar-refractivity contribution in [3.63, 3.8) is 0 Å². The van der Waals surface area contributed by atoms with E-state index in [2.05, 4.69) is 31.3 Å². The molecule has 0 heterocycles. The van der Waals surface area contributed by atoms with Crippen molar-refractivity contribution < 1.29 is 13.2 Å². The molecule has 5 nitrogen and oxygen atoms in total. The number of amides is 1. The van der Waals surface area contributed by atoms with Gasteiger partial charge in [-0.1, -0.05) is 62.4 Å². The number of nitrogens with zero attached hydrogens (tertiary/aromatic N) is 1. The van der Waals surface area contributed by atoms with Crippen LogP contribution in [0.25, 0.3) is 0 Å². The summed E-state index contributed by atoms with van der Waals surface area (Å²) in [6.07, 6.45) is 0.748. The molecule has 0 spiro atoms.